The van der Waals surface area contributed by atoms with Gasteiger partial charge in [-0.2, -0.15) is 0 Å². The molecule has 0 saturated carbocycles. The first-order chi connectivity index (χ1) is 30.0. The molecule has 0 rings (SSSR count). The molecule has 0 aromatic carbocycles. The van der Waals surface area contributed by atoms with Crippen LogP contribution in [0, 0.1) is 0 Å². The SMILES string of the molecule is CCCCCCCC/C=C/CCCCCCCCCCCCCCCC(=O)N[C@@H](COP(=O)([O-])OCC[N+](C)(C)C)[C@H](O)/C=C/CCCCCCCCCCCCCCCCC. The Morgan fingerprint density at radius 1 is 0.548 bits per heavy atom. The Kier molecular flexibility index (Phi) is 44.4. The van der Waals surface area contributed by atoms with Crippen LogP contribution in [0.4, 0.5) is 0 Å². The molecule has 2 N–H and O–H groups in total. The quantitative estimate of drug-likeness (QED) is 0.0273. The Labute approximate surface area is 385 Å². The highest BCUT2D eigenvalue weighted by Gasteiger charge is 2.23. The van der Waals surface area contributed by atoms with Crippen LogP contribution in [0.25, 0.3) is 0 Å². The van der Waals surface area contributed by atoms with Crippen molar-refractivity contribution in [3.05, 3.63) is 24.3 Å². The Morgan fingerprint density at radius 2 is 0.887 bits per heavy atom. The number of aliphatic hydroxyl groups excluding tert-OH is 1. The van der Waals surface area contributed by atoms with Crippen LogP contribution in [0.1, 0.15) is 258 Å². The predicted molar refractivity (Wildman–Crippen MR) is 265 cm³/mol. The number of amides is 1. The molecule has 0 spiro atoms. The van der Waals surface area contributed by atoms with Gasteiger partial charge in [0.2, 0.25) is 5.91 Å². The summed E-state index contributed by atoms with van der Waals surface area (Å²) in [6, 6.07) is -0.884. The summed E-state index contributed by atoms with van der Waals surface area (Å²) in [6.45, 7) is 4.67. The largest absolute Gasteiger partial charge is 0.756 e. The van der Waals surface area contributed by atoms with Crippen molar-refractivity contribution in [2.45, 2.75) is 270 Å². The molecule has 0 aromatic heterocycles. The van der Waals surface area contributed by atoms with Gasteiger partial charge in [-0.05, 0) is 44.9 Å². The number of hydrogen-bond acceptors (Lipinski definition) is 6. The maximum absolute atomic E-state index is 12.9. The second-order valence-electron chi connectivity index (χ2n) is 19.6. The van der Waals surface area contributed by atoms with E-state index in [1.807, 2.05) is 27.2 Å². The number of allylic oxidation sites excluding steroid dienone is 3. The smallest absolute Gasteiger partial charge is 0.268 e. The second-order valence-corrected chi connectivity index (χ2v) is 21.0. The maximum atomic E-state index is 12.9. The lowest BCUT2D eigenvalue weighted by molar-refractivity contribution is -0.870. The van der Waals surface area contributed by atoms with E-state index in [9.17, 15) is 19.4 Å². The molecule has 0 aliphatic heterocycles. The van der Waals surface area contributed by atoms with Gasteiger partial charge < -0.3 is 28.8 Å². The molecule has 0 fully saturated rings. The molecule has 0 aliphatic rings. The first-order valence-electron chi connectivity index (χ1n) is 26.7. The summed E-state index contributed by atoms with van der Waals surface area (Å²) in [7, 11) is 1.27. The normalized spacial score (nSPS) is 14.2. The first-order valence-corrected chi connectivity index (χ1v) is 28.2. The van der Waals surface area contributed by atoms with Gasteiger partial charge in [0.15, 0.2) is 0 Å². The number of nitrogens with one attached hydrogen (secondary N) is 1. The Balaban J connectivity index is 4.24. The fraction of sp³-hybridized carbons (Fsp3) is 0.906. The highest BCUT2D eigenvalue weighted by Crippen LogP contribution is 2.38. The molecule has 0 bridgehead atoms. The van der Waals surface area contributed by atoms with E-state index in [1.165, 1.54) is 199 Å². The van der Waals surface area contributed by atoms with Gasteiger partial charge in [-0.15, -0.1) is 0 Å². The molecule has 8 nitrogen and oxygen atoms in total. The van der Waals surface area contributed by atoms with Crippen molar-refractivity contribution in [2.24, 2.45) is 0 Å². The summed E-state index contributed by atoms with van der Waals surface area (Å²) in [5, 5.41) is 13.9. The molecule has 0 aromatic rings. The first kappa shape index (κ1) is 61.0. The van der Waals surface area contributed by atoms with Gasteiger partial charge in [0.05, 0.1) is 39.9 Å². The summed E-state index contributed by atoms with van der Waals surface area (Å²) in [5.41, 5.74) is 0. The van der Waals surface area contributed by atoms with Gasteiger partial charge in [0, 0.05) is 6.42 Å². The highest BCUT2D eigenvalue weighted by molar-refractivity contribution is 7.45. The average molecular weight is 897 g/mol. The molecule has 368 valence electrons. The number of carbonyl (C=O) groups excluding carboxylic acids is 1. The number of rotatable bonds is 49. The zero-order chi connectivity index (χ0) is 45.7. The summed E-state index contributed by atoms with van der Waals surface area (Å²) < 4.78 is 23.3. The lowest BCUT2D eigenvalue weighted by Gasteiger charge is -2.29. The van der Waals surface area contributed by atoms with E-state index in [4.69, 9.17) is 9.05 Å². The number of nitrogens with zero attached hydrogens (tertiary/aromatic N) is 1. The molecular weight excluding hydrogens is 792 g/mol. The molecule has 0 heterocycles. The van der Waals surface area contributed by atoms with Crippen molar-refractivity contribution in [2.75, 3.05) is 40.9 Å². The van der Waals surface area contributed by atoms with Crippen LogP contribution in [0.15, 0.2) is 24.3 Å². The topological polar surface area (TPSA) is 108 Å². The molecule has 0 aliphatic carbocycles. The van der Waals surface area contributed by atoms with Crippen LogP contribution in [-0.4, -0.2) is 68.5 Å². The molecule has 0 saturated heterocycles. The van der Waals surface area contributed by atoms with E-state index >= 15 is 0 Å². The maximum Gasteiger partial charge on any atom is 0.268 e. The van der Waals surface area contributed by atoms with E-state index in [1.54, 1.807) is 6.08 Å². The zero-order valence-corrected chi connectivity index (χ0v) is 42.7. The predicted octanol–water partition coefficient (Wildman–Crippen LogP) is 15.0. The summed E-state index contributed by atoms with van der Waals surface area (Å²) >= 11 is 0. The Hall–Kier alpha value is -1.02. The summed E-state index contributed by atoms with van der Waals surface area (Å²) in [6.07, 6.45) is 55.2. The van der Waals surface area contributed by atoms with Crippen LogP contribution in [0.5, 0.6) is 0 Å². The van der Waals surface area contributed by atoms with Gasteiger partial charge in [0.25, 0.3) is 7.82 Å². The van der Waals surface area contributed by atoms with Crippen LogP contribution in [0.3, 0.4) is 0 Å². The third-order valence-corrected chi connectivity index (χ3v) is 13.1. The van der Waals surface area contributed by atoms with E-state index in [-0.39, 0.29) is 19.1 Å². The van der Waals surface area contributed by atoms with Crippen LogP contribution >= 0.6 is 7.82 Å². The van der Waals surface area contributed by atoms with Crippen molar-refractivity contribution >= 4 is 13.7 Å². The second kappa shape index (κ2) is 45.1. The fourth-order valence-corrected chi connectivity index (χ4v) is 8.64. The lowest BCUT2D eigenvalue weighted by Crippen LogP contribution is -2.45. The lowest BCUT2D eigenvalue weighted by atomic mass is 10.0. The van der Waals surface area contributed by atoms with Gasteiger partial charge in [-0.25, -0.2) is 0 Å². The molecule has 1 unspecified atom stereocenters. The number of phosphoric ester groups is 1. The van der Waals surface area contributed by atoms with Gasteiger partial charge in [-0.3, -0.25) is 9.36 Å². The summed E-state index contributed by atoms with van der Waals surface area (Å²) in [5.74, 6) is -0.194. The summed E-state index contributed by atoms with van der Waals surface area (Å²) in [4.78, 5) is 25.4. The van der Waals surface area contributed by atoms with Gasteiger partial charge >= 0.3 is 0 Å². The van der Waals surface area contributed by atoms with Crippen LogP contribution in [-0.2, 0) is 18.4 Å². The van der Waals surface area contributed by atoms with Crippen molar-refractivity contribution in [3.8, 4) is 0 Å². The molecule has 9 heteroatoms. The monoisotopic (exact) mass is 897 g/mol. The van der Waals surface area contributed by atoms with Crippen molar-refractivity contribution in [1.82, 2.24) is 5.32 Å². The fourth-order valence-electron chi connectivity index (χ4n) is 7.91. The number of quaternary nitrogens is 1. The zero-order valence-electron chi connectivity index (χ0n) is 41.8. The van der Waals surface area contributed by atoms with E-state index in [0.29, 0.717) is 17.4 Å². The molecule has 0 radical (unpaired) electrons. The van der Waals surface area contributed by atoms with Crippen molar-refractivity contribution in [3.63, 3.8) is 0 Å². The minimum atomic E-state index is -4.59. The number of likely N-dealkylation sites (N-methyl/N-ethyl adjacent to an activating group) is 1. The minimum absolute atomic E-state index is 0.000863. The third-order valence-electron chi connectivity index (χ3n) is 12.2. The molecular formula is C53H105N2O6P. The Bertz CT molecular complexity index is 1060. The molecule has 1 amide bonds. The van der Waals surface area contributed by atoms with Crippen LogP contribution < -0.4 is 10.2 Å². The third kappa shape index (κ3) is 47.0. The van der Waals surface area contributed by atoms with E-state index in [2.05, 4.69) is 31.3 Å². The Morgan fingerprint density at radius 3 is 1.26 bits per heavy atom. The number of hydrogen-bond donors (Lipinski definition) is 2. The highest BCUT2D eigenvalue weighted by atomic mass is 31.2. The van der Waals surface area contributed by atoms with Crippen molar-refractivity contribution in [1.29, 1.82) is 0 Å². The van der Waals surface area contributed by atoms with Gasteiger partial charge in [0.1, 0.15) is 13.2 Å². The number of aliphatic hydroxyl groups is 1. The average Bonchev–Trinajstić information content (AvgIpc) is 3.23. The van der Waals surface area contributed by atoms with Gasteiger partial charge in [-0.1, -0.05) is 231 Å². The van der Waals surface area contributed by atoms with Crippen LogP contribution in [0.2, 0.25) is 0 Å². The number of carbonyl (C=O) groups is 1. The standard InChI is InChI=1S/C53H105N2O6P/c1-6-8-10-12-14-16-18-20-22-24-25-26-27-28-29-31-33-35-37-39-41-43-45-47-53(57)54-51(50-61-62(58,59)60-49-48-55(3,4)5)52(56)46-44-42-40-38-36-34-32-30-23-21-19-17-15-13-11-9-7-2/h20,22,44,46,51-52,56H,6-19,21,23-43,45,47-50H2,1-5H3,(H-,54,57,58,59)/b22-20+,46-44+/t51-,52+/m0/s1. The molecule has 3 atom stereocenters. The van der Waals surface area contributed by atoms with E-state index in [0.717, 1.165) is 38.5 Å². The minimum Gasteiger partial charge on any atom is -0.756 e. The van der Waals surface area contributed by atoms with Crippen molar-refractivity contribution < 1.29 is 32.9 Å². The number of unbranched alkanes of at least 4 members (excludes halogenated alkanes) is 34. The van der Waals surface area contributed by atoms with E-state index < -0.39 is 20.0 Å². The number of phosphoric acid groups is 1. The molecule has 62 heavy (non-hydrogen) atoms.